The summed E-state index contributed by atoms with van der Waals surface area (Å²) in [6.45, 7) is 1.65. The highest BCUT2D eigenvalue weighted by atomic mass is 32.1. The monoisotopic (exact) mass is 341 g/mol. The first kappa shape index (κ1) is 17.4. The first-order valence-corrected chi connectivity index (χ1v) is 7.97. The number of nitrogens with one attached hydrogen (secondary N) is 1. The first-order chi connectivity index (χ1) is 11.0. The topological polar surface area (TPSA) is 58.6 Å². The predicted octanol–water partition coefficient (Wildman–Crippen LogP) is 2.69. The number of carbonyl (C=O) groups excluding carboxylic acids is 1. The molecule has 2 rings (SSSR count). The van der Waals surface area contributed by atoms with Crippen molar-refractivity contribution in [1.29, 1.82) is 0 Å². The van der Waals surface area contributed by atoms with Crippen LogP contribution in [0.2, 0.25) is 0 Å². The zero-order chi connectivity index (χ0) is 16.8. The molecule has 1 amide bonds. The summed E-state index contributed by atoms with van der Waals surface area (Å²) in [6, 6.07) is 4.99. The van der Waals surface area contributed by atoms with E-state index in [4.69, 9.17) is 4.74 Å². The maximum Gasteiger partial charge on any atom is 0.227 e. The van der Waals surface area contributed by atoms with Crippen LogP contribution in [-0.2, 0) is 4.79 Å². The van der Waals surface area contributed by atoms with Gasteiger partial charge in [-0.15, -0.1) is 0 Å². The number of aliphatic hydroxyl groups excluding tert-OH is 1. The minimum absolute atomic E-state index is 0.0109. The molecule has 0 saturated heterocycles. The lowest BCUT2D eigenvalue weighted by Crippen LogP contribution is -2.37. The Morgan fingerprint density at radius 1 is 1.35 bits per heavy atom. The van der Waals surface area contributed by atoms with Gasteiger partial charge in [-0.3, -0.25) is 4.79 Å². The van der Waals surface area contributed by atoms with E-state index in [9.17, 15) is 18.7 Å². The summed E-state index contributed by atoms with van der Waals surface area (Å²) in [7, 11) is 0. The van der Waals surface area contributed by atoms with Crippen LogP contribution < -0.4 is 10.1 Å². The fraction of sp³-hybridized carbons (Fsp3) is 0.312. The van der Waals surface area contributed by atoms with Crippen LogP contribution >= 0.6 is 11.3 Å². The molecule has 2 atom stereocenters. The Labute approximate surface area is 136 Å². The molecule has 0 fully saturated rings. The van der Waals surface area contributed by atoms with Crippen LogP contribution in [0.5, 0.6) is 5.75 Å². The van der Waals surface area contributed by atoms with E-state index in [1.54, 1.807) is 6.92 Å². The Morgan fingerprint density at radius 2 is 2.13 bits per heavy atom. The molecule has 124 valence electrons. The van der Waals surface area contributed by atoms with E-state index < -0.39 is 17.7 Å². The van der Waals surface area contributed by atoms with E-state index in [2.05, 4.69) is 5.32 Å². The number of amides is 1. The van der Waals surface area contributed by atoms with Crippen molar-refractivity contribution in [3.63, 3.8) is 0 Å². The van der Waals surface area contributed by atoms with Gasteiger partial charge in [-0.25, -0.2) is 8.78 Å². The SMILES string of the molecule is CC(C(=O)NCC(O)COc1ccc(F)c(F)c1)c1ccsc1. The molecule has 1 aromatic heterocycles. The van der Waals surface area contributed by atoms with Gasteiger partial charge >= 0.3 is 0 Å². The van der Waals surface area contributed by atoms with Crippen molar-refractivity contribution in [1.82, 2.24) is 5.32 Å². The molecule has 7 heteroatoms. The molecule has 0 bridgehead atoms. The average molecular weight is 341 g/mol. The first-order valence-electron chi connectivity index (χ1n) is 7.03. The minimum Gasteiger partial charge on any atom is -0.491 e. The molecule has 0 aliphatic rings. The molecule has 0 spiro atoms. The standard InChI is InChI=1S/C16H17F2NO3S/c1-10(11-4-5-23-9-11)16(21)19-7-12(20)8-22-13-2-3-14(17)15(18)6-13/h2-6,9-10,12,20H,7-8H2,1H3,(H,19,21). The summed E-state index contributed by atoms with van der Waals surface area (Å²) < 4.78 is 30.9. The number of benzene rings is 1. The second kappa shape index (κ2) is 8.03. The van der Waals surface area contributed by atoms with Crippen molar-refractivity contribution < 1.29 is 23.4 Å². The van der Waals surface area contributed by atoms with Crippen molar-refractivity contribution >= 4 is 17.2 Å². The van der Waals surface area contributed by atoms with E-state index >= 15 is 0 Å². The molecule has 2 aromatic rings. The van der Waals surface area contributed by atoms with Crippen LogP contribution in [0.15, 0.2) is 35.0 Å². The largest absolute Gasteiger partial charge is 0.491 e. The molecule has 0 aliphatic carbocycles. The molecule has 0 saturated carbocycles. The zero-order valence-corrected chi connectivity index (χ0v) is 13.3. The number of hydrogen-bond acceptors (Lipinski definition) is 4. The average Bonchev–Trinajstić information content (AvgIpc) is 3.07. The van der Waals surface area contributed by atoms with E-state index in [1.807, 2.05) is 16.8 Å². The van der Waals surface area contributed by atoms with Gasteiger partial charge < -0.3 is 15.2 Å². The Morgan fingerprint density at radius 3 is 2.78 bits per heavy atom. The molecule has 2 N–H and O–H groups in total. The summed E-state index contributed by atoms with van der Waals surface area (Å²) in [5.41, 5.74) is 0.917. The van der Waals surface area contributed by atoms with Crippen molar-refractivity contribution in [2.45, 2.75) is 18.9 Å². The normalized spacial score (nSPS) is 13.4. The van der Waals surface area contributed by atoms with Crippen LogP contribution in [0, 0.1) is 11.6 Å². The number of hydrogen-bond donors (Lipinski definition) is 2. The molecule has 1 aromatic carbocycles. The number of ether oxygens (including phenoxy) is 1. The van der Waals surface area contributed by atoms with Gasteiger partial charge in [0.2, 0.25) is 5.91 Å². The smallest absolute Gasteiger partial charge is 0.227 e. The summed E-state index contributed by atoms with van der Waals surface area (Å²) >= 11 is 1.51. The second-order valence-corrected chi connectivity index (χ2v) is 5.84. The third kappa shape index (κ3) is 5.01. The van der Waals surface area contributed by atoms with Gasteiger partial charge in [0, 0.05) is 12.6 Å². The summed E-state index contributed by atoms with van der Waals surface area (Å²) in [5, 5.41) is 16.2. The van der Waals surface area contributed by atoms with Gasteiger partial charge in [-0.1, -0.05) is 0 Å². The summed E-state index contributed by atoms with van der Waals surface area (Å²) in [4.78, 5) is 12.0. The Hall–Kier alpha value is -1.99. The van der Waals surface area contributed by atoms with Crippen LogP contribution in [0.3, 0.4) is 0 Å². The highest BCUT2D eigenvalue weighted by molar-refractivity contribution is 7.08. The van der Waals surface area contributed by atoms with Crippen LogP contribution in [0.1, 0.15) is 18.4 Å². The van der Waals surface area contributed by atoms with Gasteiger partial charge in [0.25, 0.3) is 0 Å². The Balaban J connectivity index is 1.75. The molecule has 0 aliphatic heterocycles. The lowest BCUT2D eigenvalue weighted by atomic mass is 10.0. The van der Waals surface area contributed by atoms with Crippen molar-refractivity contribution in [3.05, 3.63) is 52.2 Å². The third-order valence-corrected chi connectivity index (χ3v) is 3.98. The second-order valence-electron chi connectivity index (χ2n) is 5.06. The lowest BCUT2D eigenvalue weighted by molar-refractivity contribution is -0.122. The fourth-order valence-electron chi connectivity index (χ4n) is 1.86. The third-order valence-electron chi connectivity index (χ3n) is 3.28. The highest BCUT2D eigenvalue weighted by Crippen LogP contribution is 2.18. The number of halogens is 2. The van der Waals surface area contributed by atoms with E-state index in [1.165, 1.54) is 17.4 Å². The number of aliphatic hydroxyl groups is 1. The van der Waals surface area contributed by atoms with Crippen molar-refractivity contribution in [2.24, 2.45) is 0 Å². The van der Waals surface area contributed by atoms with Crippen LogP contribution in [0.25, 0.3) is 0 Å². The Kier molecular flexibility index (Phi) is 6.06. The summed E-state index contributed by atoms with van der Waals surface area (Å²) in [5.74, 6) is -2.38. The number of thiophene rings is 1. The number of rotatable bonds is 7. The van der Waals surface area contributed by atoms with E-state index in [0.717, 1.165) is 17.7 Å². The lowest BCUT2D eigenvalue weighted by Gasteiger charge is -2.15. The van der Waals surface area contributed by atoms with Crippen LogP contribution in [-0.4, -0.2) is 30.3 Å². The van der Waals surface area contributed by atoms with Crippen molar-refractivity contribution in [2.75, 3.05) is 13.2 Å². The maximum absolute atomic E-state index is 13.0. The van der Waals surface area contributed by atoms with Gasteiger partial charge in [0.05, 0.1) is 5.92 Å². The van der Waals surface area contributed by atoms with Crippen molar-refractivity contribution in [3.8, 4) is 5.75 Å². The number of carbonyl (C=O) groups is 1. The zero-order valence-electron chi connectivity index (χ0n) is 12.5. The van der Waals surface area contributed by atoms with E-state index in [0.29, 0.717) is 0 Å². The fourth-order valence-corrected chi connectivity index (χ4v) is 2.62. The molecule has 0 radical (unpaired) electrons. The van der Waals surface area contributed by atoms with Gasteiger partial charge in [0.1, 0.15) is 18.5 Å². The van der Waals surface area contributed by atoms with Crippen LogP contribution in [0.4, 0.5) is 8.78 Å². The van der Waals surface area contributed by atoms with Gasteiger partial charge in [-0.2, -0.15) is 11.3 Å². The quantitative estimate of drug-likeness (QED) is 0.814. The predicted molar refractivity (Wildman–Crippen MR) is 83.6 cm³/mol. The molecular formula is C16H17F2NO3S. The Bertz CT molecular complexity index is 649. The van der Waals surface area contributed by atoms with Gasteiger partial charge in [0.15, 0.2) is 11.6 Å². The summed E-state index contributed by atoms with van der Waals surface area (Å²) in [6.07, 6.45) is -0.957. The van der Waals surface area contributed by atoms with Gasteiger partial charge in [-0.05, 0) is 41.4 Å². The molecule has 2 unspecified atom stereocenters. The van der Waals surface area contributed by atoms with E-state index in [-0.39, 0.29) is 30.7 Å². The molecule has 1 heterocycles. The molecule has 23 heavy (non-hydrogen) atoms. The highest BCUT2D eigenvalue weighted by Gasteiger charge is 2.16. The minimum atomic E-state index is -1.02. The molecule has 4 nitrogen and oxygen atoms in total. The maximum atomic E-state index is 13.0. The molecular weight excluding hydrogens is 324 g/mol.